The van der Waals surface area contributed by atoms with Crippen LogP contribution in [0.4, 0.5) is 5.69 Å². The molecule has 0 aliphatic heterocycles. The largest absolute Gasteiger partial charge is 0.352 e. The lowest BCUT2D eigenvalue weighted by Gasteiger charge is -2.32. The third-order valence-electron chi connectivity index (χ3n) is 7.38. The molecule has 0 saturated heterocycles. The van der Waals surface area contributed by atoms with E-state index in [1.165, 1.54) is 16.7 Å². The van der Waals surface area contributed by atoms with Gasteiger partial charge in [0, 0.05) is 22.0 Å². The number of amides is 2. The number of carbonyl (C=O) groups is 2. The molecule has 7 nitrogen and oxygen atoms in total. The molecule has 1 fully saturated rings. The highest BCUT2D eigenvalue weighted by molar-refractivity contribution is 9.10. The molecule has 0 aromatic heterocycles. The maximum Gasteiger partial charge on any atom is 0.264 e. The summed E-state index contributed by atoms with van der Waals surface area (Å²) in [5.41, 5.74) is 2.18. The first-order valence-corrected chi connectivity index (χ1v) is 17.1. The van der Waals surface area contributed by atoms with Gasteiger partial charge in [-0.05, 0) is 87.0 Å². The average Bonchev–Trinajstić information content (AvgIpc) is 3.48. The Labute approximate surface area is 255 Å². The molecule has 1 unspecified atom stereocenters. The van der Waals surface area contributed by atoms with E-state index in [2.05, 4.69) is 21.2 Å². The van der Waals surface area contributed by atoms with E-state index in [-0.39, 0.29) is 23.4 Å². The minimum Gasteiger partial charge on any atom is -0.352 e. The highest BCUT2D eigenvalue weighted by Crippen LogP contribution is 2.27. The molecule has 1 saturated carbocycles. The molecule has 41 heavy (non-hydrogen) atoms. The number of sulfonamides is 1. The number of aryl methyl sites for hydroxylation is 1. The number of nitrogens with one attached hydrogen (secondary N) is 1. The normalized spacial score (nSPS) is 14.4. The van der Waals surface area contributed by atoms with Crippen LogP contribution in [0.3, 0.4) is 0 Å². The molecule has 0 radical (unpaired) electrons. The maximum absolute atomic E-state index is 14.1. The number of benzene rings is 3. The Hall–Kier alpha value is -2.82. The van der Waals surface area contributed by atoms with Gasteiger partial charge in [-0.2, -0.15) is 0 Å². The van der Waals surface area contributed by atoms with Gasteiger partial charge in [0.2, 0.25) is 11.8 Å². The molecule has 0 bridgehead atoms. The van der Waals surface area contributed by atoms with Crippen molar-refractivity contribution >= 4 is 55.2 Å². The van der Waals surface area contributed by atoms with Crippen molar-refractivity contribution in [3.8, 4) is 0 Å². The number of nitrogens with zero attached hydrogens (tertiary/aromatic N) is 2. The molecule has 3 aromatic carbocycles. The summed E-state index contributed by atoms with van der Waals surface area (Å²) in [6, 6.07) is 20.5. The van der Waals surface area contributed by atoms with Crippen molar-refractivity contribution in [2.45, 2.75) is 68.0 Å². The second-order valence-electron chi connectivity index (χ2n) is 10.3. The second kappa shape index (κ2) is 13.9. The fraction of sp³-hybridized carbons (Fsp3) is 0.355. The monoisotopic (exact) mass is 657 g/mol. The SMILES string of the molecule is CSc1ccc(S(=O)(=O)N(CC(=O)N(Cc2ccc(Br)cc2)C(C)C(=O)NC2CCCC2)c2ccc(C)cc2)cc1. The number of carbonyl (C=O) groups excluding carboxylic acids is 2. The fourth-order valence-corrected chi connectivity index (χ4v) is 6.96. The molecular formula is C31H36BrN3O4S2. The summed E-state index contributed by atoms with van der Waals surface area (Å²) in [5.74, 6) is -0.702. The lowest BCUT2D eigenvalue weighted by Crippen LogP contribution is -2.52. The van der Waals surface area contributed by atoms with E-state index >= 15 is 0 Å². The number of hydrogen-bond acceptors (Lipinski definition) is 5. The van der Waals surface area contributed by atoms with Crippen LogP contribution in [0, 0.1) is 6.92 Å². The Bertz CT molecular complexity index is 1440. The van der Waals surface area contributed by atoms with Gasteiger partial charge in [-0.3, -0.25) is 13.9 Å². The van der Waals surface area contributed by atoms with Crippen LogP contribution >= 0.6 is 27.7 Å². The van der Waals surface area contributed by atoms with Crippen LogP contribution in [0.2, 0.25) is 0 Å². The number of thioether (sulfide) groups is 1. The molecule has 3 aromatic rings. The maximum atomic E-state index is 14.1. The van der Waals surface area contributed by atoms with Crippen LogP contribution in [0.5, 0.6) is 0 Å². The Balaban J connectivity index is 1.67. The van der Waals surface area contributed by atoms with Gasteiger partial charge in [0.1, 0.15) is 12.6 Å². The van der Waals surface area contributed by atoms with Gasteiger partial charge in [0.25, 0.3) is 10.0 Å². The molecule has 1 N–H and O–H groups in total. The first-order valence-electron chi connectivity index (χ1n) is 13.7. The Morgan fingerprint density at radius 3 is 2.17 bits per heavy atom. The highest BCUT2D eigenvalue weighted by atomic mass is 79.9. The van der Waals surface area contributed by atoms with Crippen LogP contribution in [0.1, 0.15) is 43.7 Å². The number of rotatable bonds is 11. The average molecular weight is 659 g/mol. The molecule has 0 heterocycles. The molecule has 10 heteroatoms. The number of hydrogen-bond donors (Lipinski definition) is 1. The minimum absolute atomic E-state index is 0.0927. The number of anilines is 1. The van der Waals surface area contributed by atoms with Crippen molar-refractivity contribution in [3.05, 3.63) is 88.4 Å². The summed E-state index contributed by atoms with van der Waals surface area (Å²) in [4.78, 5) is 29.9. The smallest absolute Gasteiger partial charge is 0.264 e. The zero-order valence-corrected chi connectivity index (χ0v) is 26.8. The molecule has 218 valence electrons. The Kier molecular flexibility index (Phi) is 10.5. The van der Waals surface area contributed by atoms with E-state index in [4.69, 9.17) is 0 Å². The molecule has 1 aliphatic rings. The fourth-order valence-electron chi connectivity index (χ4n) is 4.88. The molecule has 1 atom stereocenters. The van der Waals surface area contributed by atoms with Crippen molar-refractivity contribution in [2.75, 3.05) is 17.1 Å². The highest BCUT2D eigenvalue weighted by Gasteiger charge is 2.33. The van der Waals surface area contributed by atoms with E-state index < -0.39 is 28.5 Å². The quantitative estimate of drug-likeness (QED) is 0.250. The molecule has 1 aliphatic carbocycles. The van der Waals surface area contributed by atoms with E-state index in [0.29, 0.717) is 5.69 Å². The van der Waals surface area contributed by atoms with Crippen LogP contribution in [0.25, 0.3) is 0 Å². The summed E-state index contributed by atoms with van der Waals surface area (Å²) < 4.78 is 30.0. The second-order valence-corrected chi connectivity index (χ2v) is 14.0. The zero-order chi connectivity index (χ0) is 29.6. The first kappa shape index (κ1) is 31.1. The predicted molar refractivity (Wildman–Crippen MR) is 168 cm³/mol. The first-order chi connectivity index (χ1) is 19.6. The van der Waals surface area contributed by atoms with E-state index in [1.54, 1.807) is 43.3 Å². The standard InChI is InChI=1S/C31H36BrN3O4S2/c1-22-8-14-27(15-9-22)35(41(38,39)29-18-16-28(40-3)17-19-29)21-30(36)34(20-24-10-12-25(32)13-11-24)23(2)31(37)33-26-6-4-5-7-26/h8-19,23,26H,4-7,20-21H2,1-3H3,(H,33,37). The number of halogens is 1. The lowest BCUT2D eigenvalue weighted by atomic mass is 10.1. The minimum atomic E-state index is -4.09. The third kappa shape index (κ3) is 7.93. The van der Waals surface area contributed by atoms with Crippen LogP contribution in [-0.4, -0.2) is 50.0 Å². The molecule has 0 spiro atoms. The van der Waals surface area contributed by atoms with Crippen LogP contribution < -0.4 is 9.62 Å². The summed E-state index contributed by atoms with van der Waals surface area (Å²) in [7, 11) is -4.09. The van der Waals surface area contributed by atoms with Crippen molar-refractivity contribution in [1.82, 2.24) is 10.2 Å². The van der Waals surface area contributed by atoms with E-state index in [0.717, 1.165) is 50.5 Å². The van der Waals surface area contributed by atoms with Crippen LogP contribution in [0.15, 0.2) is 87.1 Å². The summed E-state index contributed by atoms with van der Waals surface area (Å²) in [5, 5.41) is 3.09. The third-order valence-corrected chi connectivity index (χ3v) is 10.4. The molecule has 2 amide bonds. The van der Waals surface area contributed by atoms with Gasteiger partial charge in [-0.1, -0.05) is 58.6 Å². The van der Waals surface area contributed by atoms with E-state index in [9.17, 15) is 18.0 Å². The van der Waals surface area contributed by atoms with Crippen molar-refractivity contribution < 1.29 is 18.0 Å². The van der Waals surface area contributed by atoms with Gasteiger partial charge in [-0.25, -0.2) is 8.42 Å². The zero-order valence-electron chi connectivity index (χ0n) is 23.5. The van der Waals surface area contributed by atoms with Gasteiger partial charge < -0.3 is 10.2 Å². The van der Waals surface area contributed by atoms with Gasteiger partial charge in [0.15, 0.2) is 0 Å². The van der Waals surface area contributed by atoms with Crippen LogP contribution in [-0.2, 0) is 26.2 Å². The van der Waals surface area contributed by atoms with Gasteiger partial charge >= 0.3 is 0 Å². The Morgan fingerprint density at radius 1 is 0.976 bits per heavy atom. The summed E-state index contributed by atoms with van der Waals surface area (Å²) in [6.45, 7) is 3.33. The van der Waals surface area contributed by atoms with Crippen molar-refractivity contribution in [2.24, 2.45) is 0 Å². The lowest BCUT2D eigenvalue weighted by molar-refractivity contribution is -0.139. The van der Waals surface area contributed by atoms with E-state index in [1.807, 2.05) is 49.6 Å². The van der Waals surface area contributed by atoms with Gasteiger partial charge in [-0.15, -0.1) is 11.8 Å². The van der Waals surface area contributed by atoms with Crippen molar-refractivity contribution in [3.63, 3.8) is 0 Å². The van der Waals surface area contributed by atoms with Gasteiger partial charge in [0.05, 0.1) is 10.6 Å². The molecular weight excluding hydrogens is 622 g/mol. The predicted octanol–water partition coefficient (Wildman–Crippen LogP) is 6.15. The molecule has 4 rings (SSSR count). The Morgan fingerprint density at radius 2 is 1.59 bits per heavy atom. The van der Waals surface area contributed by atoms with Crippen molar-refractivity contribution in [1.29, 1.82) is 0 Å². The topological polar surface area (TPSA) is 86.8 Å². The summed E-state index contributed by atoms with van der Waals surface area (Å²) in [6.07, 6.45) is 5.91. The summed E-state index contributed by atoms with van der Waals surface area (Å²) >= 11 is 4.96.